The molecule has 2 aromatic rings. The number of benzene rings is 2. The van der Waals surface area contributed by atoms with Crippen LogP contribution in [0.2, 0.25) is 0 Å². The molecule has 0 aromatic heterocycles. The summed E-state index contributed by atoms with van der Waals surface area (Å²) in [5.74, 6) is 2.68. The molecule has 268 valence electrons. The Bertz CT molecular complexity index is 1410. The summed E-state index contributed by atoms with van der Waals surface area (Å²) >= 11 is 0. The third-order valence-corrected chi connectivity index (χ3v) is 11.4. The van der Waals surface area contributed by atoms with E-state index in [-0.39, 0.29) is 24.7 Å². The zero-order chi connectivity index (χ0) is 35.3. The maximum atomic E-state index is 12.2. The minimum absolute atomic E-state index is 0.0429. The van der Waals surface area contributed by atoms with Crippen molar-refractivity contribution in [2.75, 3.05) is 19.8 Å². The highest BCUT2D eigenvalue weighted by Gasteiger charge is 2.31. The minimum atomic E-state index is -0.582. The van der Waals surface area contributed by atoms with Crippen LogP contribution < -0.4 is 0 Å². The van der Waals surface area contributed by atoms with E-state index in [1.54, 1.807) is 12.5 Å². The molecule has 1 atom stereocenters. The fraction of sp³-hybridized carbons (Fsp3) is 0.591. The summed E-state index contributed by atoms with van der Waals surface area (Å²) in [7, 11) is 0. The van der Waals surface area contributed by atoms with Gasteiger partial charge in [0.05, 0.1) is 25.4 Å². The van der Waals surface area contributed by atoms with Crippen molar-refractivity contribution in [3.05, 3.63) is 83.0 Å². The molecule has 0 heterocycles. The van der Waals surface area contributed by atoms with E-state index in [1.165, 1.54) is 92.0 Å². The van der Waals surface area contributed by atoms with E-state index in [9.17, 15) is 9.59 Å². The standard InChI is InChI=1S/C44H62O5/c1-7-10-33-12-15-37(16-13-33)38-17-19-39(20-18-38)41-23-21-40(25-31(41)5)42-22-14-34(27-36(42)8-2)26-35(29-49-43(46)30(3)4)11-9-24-48-44(47)32(6)28-45/h14,21-23,25,27,33,35,37-39,45H,3,6-13,15-20,24,26,28-29H2,1-2,4-5H3. The maximum absolute atomic E-state index is 12.2. The van der Waals surface area contributed by atoms with Crippen molar-refractivity contribution in [2.45, 2.75) is 124 Å². The molecule has 49 heavy (non-hydrogen) atoms. The Balaban J connectivity index is 1.37. The second kappa shape index (κ2) is 19.3. The third-order valence-electron chi connectivity index (χ3n) is 11.4. The molecule has 0 amide bonds. The van der Waals surface area contributed by atoms with Crippen LogP contribution in [0.5, 0.6) is 0 Å². The second-order valence-electron chi connectivity index (χ2n) is 15.1. The van der Waals surface area contributed by atoms with Crippen LogP contribution in [-0.2, 0) is 31.9 Å². The van der Waals surface area contributed by atoms with Crippen LogP contribution in [0.4, 0.5) is 0 Å². The topological polar surface area (TPSA) is 72.8 Å². The lowest BCUT2D eigenvalue weighted by molar-refractivity contribution is -0.140. The lowest BCUT2D eigenvalue weighted by atomic mass is 9.67. The van der Waals surface area contributed by atoms with Crippen molar-refractivity contribution < 1.29 is 24.2 Å². The van der Waals surface area contributed by atoms with Gasteiger partial charge in [-0.1, -0.05) is 89.1 Å². The summed E-state index contributed by atoms with van der Waals surface area (Å²) in [6.07, 6.45) is 17.1. The number of esters is 2. The largest absolute Gasteiger partial charge is 0.462 e. The summed E-state index contributed by atoms with van der Waals surface area (Å²) < 4.78 is 10.8. The first-order valence-corrected chi connectivity index (χ1v) is 19.1. The van der Waals surface area contributed by atoms with E-state index in [1.807, 2.05) is 0 Å². The van der Waals surface area contributed by atoms with Crippen molar-refractivity contribution >= 4 is 11.9 Å². The number of carbonyl (C=O) groups is 2. The first kappa shape index (κ1) is 38.6. The monoisotopic (exact) mass is 670 g/mol. The smallest absolute Gasteiger partial charge is 0.335 e. The normalized spacial score (nSPS) is 21.5. The van der Waals surface area contributed by atoms with Gasteiger partial charge in [0.1, 0.15) is 0 Å². The Kier molecular flexibility index (Phi) is 15.2. The molecule has 0 spiro atoms. The van der Waals surface area contributed by atoms with Crippen molar-refractivity contribution in [3.63, 3.8) is 0 Å². The summed E-state index contributed by atoms with van der Waals surface area (Å²) in [5.41, 5.74) is 8.45. The van der Waals surface area contributed by atoms with E-state index in [0.29, 0.717) is 24.3 Å². The predicted octanol–water partition coefficient (Wildman–Crippen LogP) is 10.3. The minimum Gasteiger partial charge on any atom is -0.462 e. The van der Waals surface area contributed by atoms with Gasteiger partial charge in [-0.3, -0.25) is 0 Å². The molecule has 2 aliphatic carbocycles. The summed E-state index contributed by atoms with van der Waals surface area (Å²) in [5, 5.41) is 9.10. The molecule has 5 heteroatoms. The van der Waals surface area contributed by atoms with Gasteiger partial charge in [0.15, 0.2) is 0 Å². The zero-order valence-electron chi connectivity index (χ0n) is 30.9. The summed E-state index contributed by atoms with van der Waals surface area (Å²) in [6.45, 7) is 15.8. The predicted molar refractivity (Wildman–Crippen MR) is 200 cm³/mol. The highest BCUT2D eigenvalue weighted by Crippen LogP contribution is 2.45. The molecule has 0 saturated heterocycles. The highest BCUT2D eigenvalue weighted by atomic mass is 16.5. The third kappa shape index (κ3) is 11.2. The molecular weight excluding hydrogens is 608 g/mol. The number of carbonyl (C=O) groups excluding carboxylic acids is 2. The molecule has 5 nitrogen and oxygen atoms in total. The number of hydrogen-bond acceptors (Lipinski definition) is 5. The molecule has 2 aliphatic rings. The van der Waals surface area contributed by atoms with Gasteiger partial charge in [-0.2, -0.15) is 0 Å². The van der Waals surface area contributed by atoms with Gasteiger partial charge in [-0.25, -0.2) is 9.59 Å². The van der Waals surface area contributed by atoms with Crippen LogP contribution in [0.3, 0.4) is 0 Å². The Hall–Kier alpha value is -3.18. The van der Waals surface area contributed by atoms with Crippen LogP contribution in [0.15, 0.2) is 60.7 Å². The van der Waals surface area contributed by atoms with E-state index in [0.717, 1.165) is 30.6 Å². The number of ether oxygens (including phenoxy) is 2. The molecule has 0 bridgehead atoms. The van der Waals surface area contributed by atoms with Crippen LogP contribution in [-0.4, -0.2) is 36.9 Å². The van der Waals surface area contributed by atoms with Crippen LogP contribution in [0.1, 0.15) is 126 Å². The first-order chi connectivity index (χ1) is 23.6. The fourth-order valence-electron chi connectivity index (χ4n) is 8.51. The number of aryl methyl sites for hydroxylation is 2. The first-order valence-electron chi connectivity index (χ1n) is 19.1. The number of rotatable bonds is 17. The average Bonchev–Trinajstić information content (AvgIpc) is 3.12. The average molecular weight is 671 g/mol. The number of hydrogen-bond donors (Lipinski definition) is 1. The van der Waals surface area contributed by atoms with Gasteiger partial charge >= 0.3 is 11.9 Å². The lowest BCUT2D eigenvalue weighted by Crippen LogP contribution is -2.25. The molecule has 0 radical (unpaired) electrons. The fourth-order valence-corrected chi connectivity index (χ4v) is 8.51. The molecule has 0 aliphatic heterocycles. The number of aliphatic hydroxyl groups is 1. The van der Waals surface area contributed by atoms with E-state index < -0.39 is 18.5 Å². The molecule has 1 unspecified atom stereocenters. The van der Waals surface area contributed by atoms with E-state index in [4.69, 9.17) is 14.6 Å². The molecule has 2 saturated carbocycles. The van der Waals surface area contributed by atoms with Crippen LogP contribution >= 0.6 is 0 Å². The maximum Gasteiger partial charge on any atom is 0.335 e. The number of aliphatic hydroxyl groups excluding tert-OH is 1. The Morgan fingerprint density at radius 2 is 1.59 bits per heavy atom. The molecule has 4 rings (SSSR count). The van der Waals surface area contributed by atoms with Crippen molar-refractivity contribution in [1.82, 2.24) is 0 Å². The Morgan fingerprint density at radius 1 is 0.898 bits per heavy atom. The van der Waals surface area contributed by atoms with Crippen molar-refractivity contribution in [1.29, 1.82) is 0 Å². The van der Waals surface area contributed by atoms with Crippen LogP contribution in [0.25, 0.3) is 11.1 Å². The Labute approximate surface area is 296 Å². The van der Waals surface area contributed by atoms with Gasteiger partial charge in [0.2, 0.25) is 0 Å². The van der Waals surface area contributed by atoms with E-state index in [2.05, 4.69) is 70.3 Å². The molecule has 2 aromatic carbocycles. The van der Waals surface area contributed by atoms with Gasteiger partial charge in [-0.05, 0) is 141 Å². The van der Waals surface area contributed by atoms with E-state index >= 15 is 0 Å². The molecule has 2 fully saturated rings. The van der Waals surface area contributed by atoms with Gasteiger partial charge < -0.3 is 14.6 Å². The van der Waals surface area contributed by atoms with Crippen molar-refractivity contribution in [2.24, 2.45) is 23.7 Å². The van der Waals surface area contributed by atoms with Gasteiger partial charge in [-0.15, -0.1) is 0 Å². The Morgan fingerprint density at radius 3 is 2.20 bits per heavy atom. The van der Waals surface area contributed by atoms with Gasteiger partial charge in [0.25, 0.3) is 0 Å². The van der Waals surface area contributed by atoms with Crippen LogP contribution in [0, 0.1) is 30.6 Å². The highest BCUT2D eigenvalue weighted by molar-refractivity contribution is 5.88. The second-order valence-corrected chi connectivity index (χ2v) is 15.1. The molecular formula is C44H62O5. The zero-order valence-corrected chi connectivity index (χ0v) is 30.9. The van der Waals surface area contributed by atoms with Crippen molar-refractivity contribution in [3.8, 4) is 11.1 Å². The lowest BCUT2D eigenvalue weighted by Gasteiger charge is -2.38. The molecule has 1 N–H and O–H groups in total. The quantitative estimate of drug-likeness (QED) is 0.103. The SMILES string of the molecule is C=C(C)C(=O)OCC(CCCOC(=O)C(=C)CO)Cc1ccc(-c2ccc(C3CCC(C4CCC(CCC)CC4)CC3)c(C)c2)c(CC)c1. The van der Waals surface area contributed by atoms with Gasteiger partial charge in [0, 0.05) is 5.57 Å². The summed E-state index contributed by atoms with van der Waals surface area (Å²) in [4.78, 5) is 24.0. The summed E-state index contributed by atoms with van der Waals surface area (Å²) in [6, 6.07) is 13.9.